The fourth-order valence-corrected chi connectivity index (χ4v) is 1.63. The Kier molecular flexibility index (Phi) is 4.77. The number of alkyl halides is 3. The highest BCUT2D eigenvalue weighted by Crippen LogP contribution is 2.32. The predicted octanol–water partition coefficient (Wildman–Crippen LogP) is 1.89. The van der Waals surface area contributed by atoms with Crippen LogP contribution in [-0.2, 0) is 6.18 Å². The molecule has 0 saturated heterocycles. The molecule has 1 heterocycles. The maximum absolute atomic E-state index is 12.6. The molecule has 0 amide bonds. The van der Waals surface area contributed by atoms with Gasteiger partial charge in [0.15, 0.2) is 0 Å². The Morgan fingerprint density at radius 3 is 2.56 bits per heavy atom. The first-order valence-electron chi connectivity index (χ1n) is 5.58. The second-order valence-corrected chi connectivity index (χ2v) is 3.84. The van der Waals surface area contributed by atoms with Crippen molar-refractivity contribution in [2.45, 2.75) is 19.5 Å². The fraction of sp³-hybridized carbons (Fsp3) is 0.545. The highest BCUT2D eigenvalue weighted by atomic mass is 19.4. The zero-order valence-corrected chi connectivity index (χ0v) is 10.0. The summed E-state index contributed by atoms with van der Waals surface area (Å²) < 4.78 is 37.7. The van der Waals surface area contributed by atoms with Crippen molar-refractivity contribution in [3.63, 3.8) is 0 Å². The first-order valence-corrected chi connectivity index (χ1v) is 5.58. The van der Waals surface area contributed by atoms with Crippen LogP contribution in [0.5, 0.6) is 0 Å². The number of aliphatic hydroxyl groups is 1. The third kappa shape index (κ3) is 3.49. The predicted molar refractivity (Wildman–Crippen MR) is 63.2 cm³/mol. The molecule has 0 saturated carbocycles. The van der Waals surface area contributed by atoms with Gasteiger partial charge in [-0.05, 0) is 12.5 Å². The van der Waals surface area contributed by atoms with Crippen molar-refractivity contribution < 1.29 is 18.3 Å². The molecule has 1 aromatic heterocycles. The minimum Gasteiger partial charge on any atom is -0.396 e. The molecule has 0 spiro atoms. The van der Waals surface area contributed by atoms with Gasteiger partial charge in [-0.2, -0.15) is 13.2 Å². The molecule has 0 aliphatic heterocycles. The number of hydrogen-bond donors (Lipinski definition) is 2. The number of anilines is 2. The van der Waals surface area contributed by atoms with Crippen molar-refractivity contribution in [1.29, 1.82) is 0 Å². The quantitative estimate of drug-likeness (QED) is 0.851. The molecule has 0 aliphatic rings. The molecular weight excluding hydrogens is 247 g/mol. The number of pyridine rings is 1. The van der Waals surface area contributed by atoms with Gasteiger partial charge in [0.1, 0.15) is 5.69 Å². The summed E-state index contributed by atoms with van der Waals surface area (Å²) in [4.78, 5) is 4.89. The smallest absolute Gasteiger partial charge is 0.396 e. The van der Waals surface area contributed by atoms with Crippen LogP contribution in [0.3, 0.4) is 0 Å². The molecule has 7 heteroatoms. The molecule has 0 radical (unpaired) electrons. The second kappa shape index (κ2) is 5.90. The van der Waals surface area contributed by atoms with Gasteiger partial charge in [0.25, 0.3) is 0 Å². The standard InChI is InChI=1S/C11H16F3N3O/c1-2-3-17(4-5-18)9-6-10(11(12,13)14)16-7-8(9)15/h6-7,18H,2-5,15H2,1H3. The molecule has 0 aromatic carbocycles. The van der Waals surface area contributed by atoms with E-state index in [1.54, 1.807) is 4.90 Å². The van der Waals surface area contributed by atoms with Crippen LogP contribution in [0, 0.1) is 0 Å². The maximum atomic E-state index is 12.6. The van der Waals surface area contributed by atoms with E-state index in [0.717, 1.165) is 18.7 Å². The summed E-state index contributed by atoms with van der Waals surface area (Å²) in [6.45, 7) is 2.50. The lowest BCUT2D eigenvalue weighted by Gasteiger charge is -2.25. The van der Waals surface area contributed by atoms with Crippen LogP contribution in [0.4, 0.5) is 24.5 Å². The van der Waals surface area contributed by atoms with Crippen LogP contribution in [0.15, 0.2) is 12.3 Å². The highest BCUT2D eigenvalue weighted by molar-refractivity contribution is 5.67. The number of nitrogens with zero attached hydrogens (tertiary/aromatic N) is 2. The van der Waals surface area contributed by atoms with Gasteiger partial charge in [-0.25, -0.2) is 4.98 Å². The summed E-state index contributed by atoms with van der Waals surface area (Å²) in [7, 11) is 0. The zero-order chi connectivity index (χ0) is 13.8. The van der Waals surface area contributed by atoms with Gasteiger partial charge in [-0.1, -0.05) is 6.92 Å². The first-order chi connectivity index (χ1) is 8.40. The van der Waals surface area contributed by atoms with Crippen LogP contribution in [0.2, 0.25) is 0 Å². The average Bonchev–Trinajstić information content (AvgIpc) is 2.28. The average molecular weight is 263 g/mol. The van der Waals surface area contributed by atoms with Gasteiger partial charge in [-0.15, -0.1) is 0 Å². The normalized spacial score (nSPS) is 11.6. The third-order valence-electron chi connectivity index (χ3n) is 2.41. The Labute approximate surface area is 103 Å². The van der Waals surface area contributed by atoms with Crippen molar-refractivity contribution in [1.82, 2.24) is 4.98 Å². The van der Waals surface area contributed by atoms with Crippen molar-refractivity contribution in [2.24, 2.45) is 0 Å². The van der Waals surface area contributed by atoms with Crippen molar-refractivity contribution in [3.05, 3.63) is 18.0 Å². The van der Waals surface area contributed by atoms with E-state index in [4.69, 9.17) is 10.8 Å². The number of nitrogen functional groups attached to an aromatic ring is 1. The molecule has 3 N–H and O–H groups in total. The molecule has 102 valence electrons. The minimum absolute atomic E-state index is 0.150. The molecule has 0 bridgehead atoms. The fourth-order valence-electron chi connectivity index (χ4n) is 1.63. The van der Waals surface area contributed by atoms with Crippen molar-refractivity contribution in [2.75, 3.05) is 30.3 Å². The Morgan fingerprint density at radius 2 is 2.06 bits per heavy atom. The number of aromatic nitrogens is 1. The topological polar surface area (TPSA) is 62.4 Å². The Hall–Kier alpha value is -1.50. The van der Waals surface area contributed by atoms with Crippen LogP contribution in [0.25, 0.3) is 0 Å². The summed E-state index contributed by atoms with van der Waals surface area (Å²) >= 11 is 0. The molecule has 0 atom stereocenters. The largest absolute Gasteiger partial charge is 0.433 e. The number of aliphatic hydroxyl groups excluding tert-OH is 1. The van der Waals surface area contributed by atoms with E-state index in [2.05, 4.69) is 4.98 Å². The Bertz CT molecular complexity index is 390. The summed E-state index contributed by atoms with van der Waals surface area (Å²) in [5.41, 5.74) is 5.09. The molecular formula is C11H16F3N3O. The van der Waals surface area contributed by atoms with Crippen LogP contribution in [0.1, 0.15) is 19.0 Å². The van der Waals surface area contributed by atoms with E-state index in [1.165, 1.54) is 0 Å². The van der Waals surface area contributed by atoms with Crippen LogP contribution in [-0.4, -0.2) is 29.8 Å². The van der Waals surface area contributed by atoms with Gasteiger partial charge >= 0.3 is 6.18 Å². The molecule has 0 unspecified atom stereocenters. The number of rotatable bonds is 5. The molecule has 18 heavy (non-hydrogen) atoms. The van der Waals surface area contributed by atoms with Crippen LogP contribution < -0.4 is 10.6 Å². The maximum Gasteiger partial charge on any atom is 0.433 e. The summed E-state index contributed by atoms with van der Waals surface area (Å²) in [5, 5.41) is 8.92. The van der Waals surface area contributed by atoms with E-state index >= 15 is 0 Å². The van der Waals surface area contributed by atoms with Crippen molar-refractivity contribution >= 4 is 11.4 Å². The minimum atomic E-state index is -4.50. The molecule has 1 rings (SSSR count). The molecule has 0 fully saturated rings. The Morgan fingerprint density at radius 1 is 1.39 bits per heavy atom. The number of hydrogen-bond acceptors (Lipinski definition) is 4. The van der Waals surface area contributed by atoms with Gasteiger partial charge < -0.3 is 15.7 Å². The molecule has 0 aliphatic carbocycles. The lowest BCUT2D eigenvalue weighted by atomic mass is 10.2. The lowest BCUT2D eigenvalue weighted by molar-refractivity contribution is -0.141. The van der Waals surface area contributed by atoms with Gasteiger partial charge in [0.05, 0.1) is 24.2 Å². The van der Waals surface area contributed by atoms with Gasteiger partial charge in [0, 0.05) is 13.1 Å². The summed E-state index contributed by atoms with van der Waals surface area (Å²) in [6, 6.07) is 0.917. The number of halogens is 3. The second-order valence-electron chi connectivity index (χ2n) is 3.84. The van der Waals surface area contributed by atoms with Crippen LogP contribution >= 0.6 is 0 Å². The summed E-state index contributed by atoms with van der Waals surface area (Å²) in [6.07, 6.45) is -2.76. The van der Waals surface area contributed by atoms with E-state index in [1.807, 2.05) is 6.92 Å². The van der Waals surface area contributed by atoms with E-state index < -0.39 is 11.9 Å². The number of nitrogens with two attached hydrogens (primary N) is 1. The zero-order valence-electron chi connectivity index (χ0n) is 10.0. The molecule has 4 nitrogen and oxygen atoms in total. The van der Waals surface area contributed by atoms with E-state index in [-0.39, 0.29) is 24.5 Å². The SMILES string of the molecule is CCCN(CCO)c1cc(C(F)(F)F)ncc1N. The van der Waals surface area contributed by atoms with Crippen molar-refractivity contribution in [3.8, 4) is 0 Å². The van der Waals surface area contributed by atoms with E-state index in [9.17, 15) is 13.2 Å². The summed E-state index contributed by atoms with van der Waals surface area (Å²) in [5.74, 6) is 0. The highest BCUT2D eigenvalue weighted by Gasteiger charge is 2.33. The molecule has 1 aromatic rings. The Balaban J connectivity index is 3.11. The third-order valence-corrected chi connectivity index (χ3v) is 2.41. The van der Waals surface area contributed by atoms with Gasteiger partial charge in [-0.3, -0.25) is 0 Å². The lowest BCUT2D eigenvalue weighted by Crippen LogP contribution is -2.28. The van der Waals surface area contributed by atoms with E-state index in [0.29, 0.717) is 6.54 Å². The monoisotopic (exact) mass is 263 g/mol. The first kappa shape index (κ1) is 14.6. The van der Waals surface area contributed by atoms with Gasteiger partial charge in [0.2, 0.25) is 0 Å².